The third-order valence-electron chi connectivity index (χ3n) is 12.1. The Labute approximate surface area is 468 Å². The van der Waals surface area contributed by atoms with Gasteiger partial charge >= 0.3 is 7.12 Å². The van der Waals surface area contributed by atoms with Crippen molar-refractivity contribution in [3.63, 3.8) is 0 Å². The fourth-order valence-corrected chi connectivity index (χ4v) is 8.49. The Balaban J connectivity index is 0.000000213. The Hall–Kier alpha value is -10.1. The van der Waals surface area contributed by atoms with Crippen LogP contribution in [-0.2, 0) is 13.1 Å². The molecule has 8 heterocycles. The van der Waals surface area contributed by atoms with E-state index in [9.17, 15) is 19.2 Å². The highest BCUT2D eigenvalue weighted by Gasteiger charge is 2.28. The number of nitrogens with zero attached hydrogens (tertiary/aromatic N) is 14. The number of carbonyl (C=O) groups excluding carboxylic acids is 4. The number of halogens is 1. The Morgan fingerprint density at radius 2 is 1.05 bits per heavy atom. The first-order valence-corrected chi connectivity index (χ1v) is 24.5. The summed E-state index contributed by atoms with van der Waals surface area (Å²) in [5.74, 6) is -0.581. The molecule has 0 aliphatic rings. The highest BCUT2D eigenvalue weighted by molar-refractivity contribution is 9.10. The van der Waals surface area contributed by atoms with Crippen molar-refractivity contribution in [1.29, 1.82) is 10.5 Å². The van der Waals surface area contributed by atoms with Crippen LogP contribution in [0.4, 0.5) is 11.6 Å². The number of pyridine rings is 4. The van der Waals surface area contributed by atoms with Gasteiger partial charge in [-0.2, -0.15) is 30.9 Å². The molecule has 10 aromatic rings. The molecule has 24 heteroatoms. The summed E-state index contributed by atoms with van der Waals surface area (Å²) in [7, 11) is -1.51. The number of nitrogens with two attached hydrogens (primary N) is 2. The number of fused-ring (bicyclic) bond motifs is 2. The lowest BCUT2D eigenvalue weighted by atomic mass is 9.80. The highest BCUT2D eigenvalue weighted by Crippen LogP contribution is 2.28. The van der Waals surface area contributed by atoms with E-state index in [4.69, 9.17) is 32.0 Å². The van der Waals surface area contributed by atoms with E-state index in [0.717, 1.165) is 26.6 Å². The standard InChI is InChI=1S/C27H22N8O2.C20H16BrN7O.C7H8BNO3.2CH4/c1-18(17-33-11-2-10-31-33)35(25-8-3-19(14-28)15-30-25)27(37)22-9-12-34-24(13-22)23(16-32-34)20-4-6-21(7-5-20)26(29)36;1-14(13-26-7-2-6-24-26)28(19-4-3-15(10-22)11-23-19)20(29)16-5-8-27-18(9-16)17(21)12-25-27;9-7(10)5-1-3-6(4-2-5)8(11)12;;/h2-13,15-16,18H,17H2,1H3,(H2,29,36);2-9,11-12,14H,13H2,1H3;1-4,11-12H,(H2,9,10);2*1H4. The maximum Gasteiger partial charge on any atom is 0.488 e. The molecule has 2 aromatic carbocycles. The van der Waals surface area contributed by atoms with E-state index in [-0.39, 0.29) is 38.8 Å². The van der Waals surface area contributed by atoms with Gasteiger partial charge in [-0.15, -0.1) is 0 Å². The van der Waals surface area contributed by atoms with E-state index in [1.165, 1.54) is 36.7 Å². The summed E-state index contributed by atoms with van der Waals surface area (Å²) >= 11 is 3.45. The number of carbonyl (C=O) groups is 4. The number of hydrogen-bond acceptors (Lipinski definition) is 14. The van der Waals surface area contributed by atoms with Crippen LogP contribution in [0.5, 0.6) is 0 Å². The minimum absolute atomic E-state index is 0. The van der Waals surface area contributed by atoms with Gasteiger partial charge in [0.1, 0.15) is 23.8 Å². The predicted octanol–water partition coefficient (Wildman–Crippen LogP) is 6.33. The van der Waals surface area contributed by atoms with Crippen LogP contribution < -0.4 is 26.7 Å². The van der Waals surface area contributed by atoms with E-state index in [0.29, 0.717) is 63.6 Å². The fourth-order valence-electron chi connectivity index (χ4n) is 8.10. The van der Waals surface area contributed by atoms with Gasteiger partial charge in [0.15, 0.2) is 0 Å². The number of amides is 4. The topological polar surface area (TPSA) is 311 Å². The number of anilines is 2. The van der Waals surface area contributed by atoms with E-state index >= 15 is 0 Å². The lowest BCUT2D eigenvalue weighted by Crippen LogP contribution is -2.42. The molecule has 0 saturated heterocycles. The molecule has 8 aromatic heterocycles. The molecule has 2 unspecified atom stereocenters. The molecule has 0 radical (unpaired) electrons. The van der Waals surface area contributed by atoms with Crippen LogP contribution >= 0.6 is 15.9 Å². The van der Waals surface area contributed by atoms with Gasteiger partial charge in [-0.05, 0) is 126 Å². The van der Waals surface area contributed by atoms with Gasteiger partial charge in [0.2, 0.25) is 11.8 Å². The van der Waals surface area contributed by atoms with Crippen molar-refractivity contribution in [3.8, 4) is 23.3 Å². The lowest BCUT2D eigenvalue weighted by Gasteiger charge is -2.28. The normalized spacial score (nSPS) is 11.1. The van der Waals surface area contributed by atoms with Gasteiger partial charge in [0, 0.05) is 77.4 Å². The quantitative estimate of drug-likeness (QED) is 0.0865. The van der Waals surface area contributed by atoms with Crippen LogP contribution in [0.2, 0.25) is 0 Å². The van der Waals surface area contributed by atoms with E-state index in [2.05, 4.69) is 52.4 Å². The zero-order valence-electron chi connectivity index (χ0n) is 41.6. The minimum atomic E-state index is -1.51. The van der Waals surface area contributed by atoms with Gasteiger partial charge in [-0.3, -0.25) is 38.3 Å². The third-order valence-corrected chi connectivity index (χ3v) is 12.7. The first kappa shape index (κ1) is 59.1. The summed E-state index contributed by atoms with van der Waals surface area (Å²) in [6, 6.07) is 33.5. The summed E-state index contributed by atoms with van der Waals surface area (Å²) in [6.07, 6.45) is 16.8. The fraction of sp³-hybridized carbons (Fsp3) is 0.143. The molecule has 80 heavy (non-hydrogen) atoms. The number of nitriles is 2. The zero-order valence-corrected chi connectivity index (χ0v) is 43.2. The van der Waals surface area contributed by atoms with Crippen molar-refractivity contribution in [1.82, 2.24) is 48.8 Å². The second kappa shape index (κ2) is 26.8. The monoisotopic (exact) mass is 1140 g/mol. The molecule has 0 saturated carbocycles. The smallest absolute Gasteiger partial charge is 0.423 e. The van der Waals surface area contributed by atoms with Crippen molar-refractivity contribution >= 4 is 74.8 Å². The van der Waals surface area contributed by atoms with Crippen molar-refractivity contribution in [3.05, 3.63) is 209 Å². The predicted molar refractivity (Wildman–Crippen MR) is 305 cm³/mol. The van der Waals surface area contributed by atoms with Crippen LogP contribution in [-0.4, -0.2) is 102 Å². The molecule has 22 nitrogen and oxygen atoms in total. The van der Waals surface area contributed by atoms with Gasteiger partial charge in [0.25, 0.3) is 11.8 Å². The third kappa shape index (κ3) is 13.9. The van der Waals surface area contributed by atoms with E-state index in [1.807, 2.05) is 44.4 Å². The molecular weight excluding hydrogens is 1080 g/mol. The number of aromatic nitrogens is 10. The van der Waals surface area contributed by atoms with Crippen molar-refractivity contribution in [2.75, 3.05) is 9.80 Å². The maximum atomic E-state index is 13.9. The molecule has 4 amide bonds. The second-order valence-corrected chi connectivity index (χ2v) is 18.2. The van der Waals surface area contributed by atoms with Crippen LogP contribution in [0.15, 0.2) is 176 Å². The largest absolute Gasteiger partial charge is 0.488 e. The Morgan fingerprint density at radius 1 is 0.600 bits per heavy atom. The van der Waals surface area contributed by atoms with Gasteiger partial charge in [-0.25, -0.2) is 19.0 Å². The number of rotatable bonds is 14. The van der Waals surface area contributed by atoms with Crippen LogP contribution in [0.25, 0.3) is 22.2 Å². The Kier molecular flexibility index (Phi) is 19.8. The number of hydrogen-bond donors (Lipinski definition) is 4. The summed E-state index contributed by atoms with van der Waals surface area (Å²) in [5, 5.41) is 52.7. The summed E-state index contributed by atoms with van der Waals surface area (Å²) in [4.78, 5) is 61.4. The van der Waals surface area contributed by atoms with Crippen LogP contribution in [0, 0.1) is 22.7 Å². The highest BCUT2D eigenvalue weighted by atomic mass is 79.9. The van der Waals surface area contributed by atoms with Crippen LogP contribution in [0.3, 0.4) is 0 Å². The second-order valence-electron chi connectivity index (χ2n) is 17.4. The first-order valence-electron chi connectivity index (χ1n) is 23.7. The first-order chi connectivity index (χ1) is 37.6. The number of primary amides is 2. The van der Waals surface area contributed by atoms with Gasteiger partial charge < -0.3 is 21.5 Å². The summed E-state index contributed by atoms with van der Waals surface area (Å²) in [5.41, 5.74) is 16.4. The molecule has 0 fully saturated rings. The van der Waals surface area contributed by atoms with Crippen molar-refractivity contribution < 1.29 is 29.2 Å². The molecule has 10 rings (SSSR count). The van der Waals surface area contributed by atoms with Gasteiger partial charge in [-0.1, -0.05) is 39.1 Å². The average Bonchev–Trinajstić information content (AvgIpc) is 4.41. The molecule has 404 valence electrons. The molecule has 0 aliphatic heterocycles. The molecule has 6 N–H and O–H groups in total. The van der Waals surface area contributed by atoms with Crippen molar-refractivity contribution in [2.45, 2.75) is 53.9 Å². The summed E-state index contributed by atoms with van der Waals surface area (Å²) in [6.45, 7) is 4.81. The molecule has 0 spiro atoms. The number of benzene rings is 2. The lowest BCUT2D eigenvalue weighted by molar-refractivity contribution is 0.0966. The molecule has 0 bridgehead atoms. The molecular formula is C56H54BBrN16O6. The van der Waals surface area contributed by atoms with E-state index < -0.39 is 18.9 Å². The zero-order chi connectivity index (χ0) is 55.5. The van der Waals surface area contributed by atoms with E-state index in [1.54, 1.807) is 138 Å². The minimum Gasteiger partial charge on any atom is -0.423 e. The summed E-state index contributed by atoms with van der Waals surface area (Å²) < 4.78 is 7.71. The molecule has 2 atom stereocenters. The van der Waals surface area contributed by atoms with Gasteiger partial charge in [0.05, 0.1) is 64.2 Å². The Morgan fingerprint density at radius 3 is 1.46 bits per heavy atom. The Bertz CT molecular complexity index is 3800. The average molecular weight is 1140 g/mol. The maximum absolute atomic E-state index is 13.9. The van der Waals surface area contributed by atoms with Crippen molar-refractivity contribution in [2.24, 2.45) is 11.5 Å². The SMILES string of the molecule is C.C.CC(Cn1cccn1)N(C(=O)c1ccn2ncc(-c3ccc(C(N)=O)cc3)c2c1)c1ccc(C#N)cn1.CC(Cn1cccn1)N(C(=O)c1ccn2ncc(Br)c2c1)c1ccc(C#N)cn1.NC(=O)c1ccc(B(O)O)cc1. The molecule has 0 aliphatic carbocycles. The van der Waals surface area contributed by atoms with Crippen LogP contribution in [0.1, 0.15) is 81.3 Å².